The predicted molar refractivity (Wildman–Crippen MR) is 46.0 cm³/mol. The highest BCUT2D eigenvalue weighted by atomic mass is 19.1. The molecule has 0 nitrogen and oxygen atoms in total. The van der Waals surface area contributed by atoms with E-state index in [0.29, 0.717) is 12.8 Å². The molecule has 0 aromatic heterocycles. The van der Waals surface area contributed by atoms with Crippen molar-refractivity contribution < 1.29 is 8.78 Å². The smallest absolute Gasteiger partial charge is 0.100 e. The Morgan fingerprint density at radius 2 is 1.33 bits per heavy atom. The fraction of sp³-hybridized carbons (Fsp3) is 0.800. The van der Waals surface area contributed by atoms with E-state index < -0.39 is 12.3 Å². The molecule has 1 aliphatic carbocycles. The van der Waals surface area contributed by atoms with Crippen LogP contribution in [0.25, 0.3) is 0 Å². The largest absolute Gasteiger partial charge is 0.247 e. The van der Waals surface area contributed by atoms with Gasteiger partial charge in [-0.25, -0.2) is 8.78 Å². The summed E-state index contributed by atoms with van der Waals surface area (Å²) in [5, 5.41) is 0. The van der Waals surface area contributed by atoms with Crippen molar-refractivity contribution in [1.29, 1.82) is 0 Å². The van der Waals surface area contributed by atoms with E-state index in [9.17, 15) is 8.78 Å². The van der Waals surface area contributed by atoms with Gasteiger partial charge in [-0.2, -0.15) is 0 Å². The summed E-state index contributed by atoms with van der Waals surface area (Å²) >= 11 is 0. The Balaban J connectivity index is 2.30. The Kier molecular flexibility index (Phi) is 3.48. The fourth-order valence-electron chi connectivity index (χ4n) is 1.61. The third-order valence-electron chi connectivity index (χ3n) is 2.60. The molecular weight excluding hydrogens is 158 g/mol. The molecule has 70 valence electrons. The Labute approximate surface area is 73.3 Å². The average molecular weight is 174 g/mol. The Morgan fingerprint density at radius 3 is 1.50 bits per heavy atom. The maximum absolute atomic E-state index is 12.8. The van der Waals surface area contributed by atoms with E-state index in [2.05, 4.69) is 0 Å². The molecule has 1 rings (SSSR count). The van der Waals surface area contributed by atoms with Crippen molar-refractivity contribution in [3.05, 3.63) is 12.8 Å². The zero-order valence-corrected chi connectivity index (χ0v) is 7.63. The molecule has 0 heterocycles. The van der Waals surface area contributed by atoms with Crippen molar-refractivity contribution in [2.24, 2.45) is 11.8 Å². The molecule has 0 spiro atoms. The molecule has 4 unspecified atom stereocenters. The summed E-state index contributed by atoms with van der Waals surface area (Å²) in [5.41, 5.74) is 0. The van der Waals surface area contributed by atoms with Gasteiger partial charge in [0.1, 0.15) is 12.3 Å². The van der Waals surface area contributed by atoms with Crippen molar-refractivity contribution in [1.82, 2.24) is 0 Å². The van der Waals surface area contributed by atoms with Crippen LogP contribution in [0, 0.1) is 24.7 Å². The zero-order valence-electron chi connectivity index (χ0n) is 7.63. The second kappa shape index (κ2) is 4.20. The van der Waals surface area contributed by atoms with Gasteiger partial charge in [-0.15, -0.1) is 0 Å². The molecule has 0 N–H and O–H groups in total. The maximum Gasteiger partial charge on any atom is 0.100 e. The van der Waals surface area contributed by atoms with Gasteiger partial charge >= 0.3 is 0 Å². The summed E-state index contributed by atoms with van der Waals surface area (Å²) in [6.45, 7) is 3.13. The van der Waals surface area contributed by atoms with Crippen molar-refractivity contribution in [3.63, 3.8) is 0 Å². The quantitative estimate of drug-likeness (QED) is 0.603. The van der Waals surface area contributed by atoms with Gasteiger partial charge in [-0.1, -0.05) is 0 Å². The van der Waals surface area contributed by atoms with E-state index in [0.717, 1.165) is 0 Å². The minimum atomic E-state index is -0.794. The molecule has 12 heavy (non-hydrogen) atoms. The van der Waals surface area contributed by atoms with Gasteiger partial charge in [0.05, 0.1) is 0 Å². The molecule has 0 amide bonds. The summed E-state index contributed by atoms with van der Waals surface area (Å²) in [4.78, 5) is 0. The molecule has 1 saturated carbocycles. The number of hydrogen-bond donors (Lipinski definition) is 0. The van der Waals surface area contributed by atoms with Crippen LogP contribution in [0.15, 0.2) is 0 Å². The van der Waals surface area contributed by atoms with Crippen LogP contribution in [0.4, 0.5) is 8.78 Å². The number of halogens is 2. The summed E-state index contributed by atoms with van der Waals surface area (Å²) in [6.07, 6.45) is 3.64. The first-order valence-corrected chi connectivity index (χ1v) is 4.56. The van der Waals surface area contributed by atoms with E-state index in [4.69, 9.17) is 0 Å². The Bertz CT molecular complexity index is 108. The van der Waals surface area contributed by atoms with Crippen LogP contribution >= 0.6 is 0 Å². The molecule has 0 aromatic rings. The predicted octanol–water partition coefficient (Wildman–Crippen LogP) is 3.14. The first kappa shape index (κ1) is 9.94. The maximum atomic E-state index is 12.8. The van der Waals surface area contributed by atoms with Crippen LogP contribution in [-0.4, -0.2) is 12.3 Å². The van der Waals surface area contributed by atoms with Crippen molar-refractivity contribution in [3.8, 4) is 0 Å². The van der Waals surface area contributed by atoms with Crippen LogP contribution in [0.1, 0.15) is 26.7 Å². The molecule has 1 aliphatic rings. The molecule has 2 heteroatoms. The van der Waals surface area contributed by atoms with Crippen LogP contribution in [0.3, 0.4) is 0 Å². The van der Waals surface area contributed by atoms with Crippen LogP contribution in [0.5, 0.6) is 0 Å². The molecule has 0 bridgehead atoms. The lowest BCUT2D eigenvalue weighted by atomic mass is 9.78. The van der Waals surface area contributed by atoms with E-state index >= 15 is 0 Å². The van der Waals surface area contributed by atoms with Crippen LogP contribution < -0.4 is 0 Å². The highest BCUT2D eigenvalue weighted by molar-refractivity contribution is 4.98. The third kappa shape index (κ3) is 2.43. The van der Waals surface area contributed by atoms with Gasteiger partial charge < -0.3 is 0 Å². The molecule has 1 fully saturated rings. The van der Waals surface area contributed by atoms with Gasteiger partial charge in [-0.05, 0) is 51.4 Å². The summed E-state index contributed by atoms with van der Waals surface area (Å²) in [7, 11) is 0. The highest BCUT2D eigenvalue weighted by Crippen LogP contribution is 2.32. The van der Waals surface area contributed by atoms with Crippen molar-refractivity contribution >= 4 is 0 Å². The van der Waals surface area contributed by atoms with E-state index in [-0.39, 0.29) is 11.8 Å². The molecule has 0 aliphatic heterocycles. The first-order valence-electron chi connectivity index (χ1n) is 4.56. The molecule has 0 saturated heterocycles. The topological polar surface area (TPSA) is 0 Å². The lowest BCUT2D eigenvalue weighted by Crippen LogP contribution is -2.25. The molecular formula is C10H16F2. The van der Waals surface area contributed by atoms with Gasteiger partial charge in [0.15, 0.2) is 0 Å². The Hall–Kier alpha value is -0.140. The van der Waals surface area contributed by atoms with Crippen molar-refractivity contribution in [2.45, 2.75) is 39.0 Å². The number of alkyl halides is 2. The normalized spacial score (nSPS) is 36.0. The molecule has 0 aromatic carbocycles. The Morgan fingerprint density at radius 1 is 1.00 bits per heavy atom. The van der Waals surface area contributed by atoms with Crippen LogP contribution in [-0.2, 0) is 0 Å². The van der Waals surface area contributed by atoms with Crippen LogP contribution in [0.2, 0.25) is 0 Å². The average Bonchev–Trinajstić information content (AvgIpc) is 2.04. The summed E-state index contributed by atoms with van der Waals surface area (Å²) in [6, 6.07) is 0. The molecule has 4 atom stereocenters. The van der Waals surface area contributed by atoms with Crippen molar-refractivity contribution in [2.75, 3.05) is 0 Å². The zero-order chi connectivity index (χ0) is 9.14. The minimum Gasteiger partial charge on any atom is -0.247 e. The van der Waals surface area contributed by atoms with Gasteiger partial charge in [0, 0.05) is 0 Å². The van der Waals surface area contributed by atoms with Gasteiger partial charge in [0.25, 0.3) is 0 Å². The van der Waals surface area contributed by atoms with E-state index in [1.807, 2.05) is 12.8 Å². The SMILES string of the molecule is CC(F)C1[CH]CC(C(C)F)[CH]C1. The second-order valence-corrected chi connectivity index (χ2v) is 3.63. The number of rotatable bonds is 2. The lowest BCUT2D eigenvalue weighted by Gasteiger charge is -2.29. The van der Waals surface area contributed by atoms with Gasteiger partial charge in [-0.3, -0.25) is 0 Å². The van der Waals surface area contributed by atoms with Gasteiger partial charge in [0.2, 0.25) is 0 Å². The highest BCUT2D eigenvalue weighted by Gasteiger charge is 2.28. The number of hydrogen-bond acceptors (Lipinski definition) is 0. The lowest BCUT2D eigenvalue weighted by molar-refractivity contribution is 0.202. The van der Waals surface area contributed by atoms with E-state index in [1.165, 1.54) is 0 Å². The standard InChI is InChI=1S/C10H16F2/c1-7(11)9-3-5-10(6-4-9)8(2)12/h3,6-10H,4-5H2,1-2H3. The monoisotopic (exact) mass is 174 g/mol. The summed E-state index contributed by atoms with van der Waals surface area (Å²) in [5.74, 6) is 0.0278. The van der Waals surface area contributed by atoms with E-state index in [1.54, 1.807) is 13.8 Å². The minimum absolute atomic E-state index is 0.0139. The molecule has 2 radical (unpaired) electrons. The first-order chi connectivity index (χ1) is 5.61. The fourth-order valence-corrected chi connectivity index (χ4v) is 1.61. The second-order valence-electron chi connectivity index (χ2n) is 3.63. The third-order valence-corrected chi connectivity index (χ3v) is 2.60. The summed E-state index contributed by atoms with van der Waals surface area (Å²) < 4.78 is 25.5.